The Morgan fingerprint density at radius 1 is 0.967 bits per heavy atom. The molecule has 1 aliphatic heterocycles. The number of carbonyl (C=O) groups excluding carboxylic acids is 3. The Morgan fingerprint density at radius 2 is 1.63 bits per heavy atom. The highest BCUT2D eigenvalue weighted by Crippen LogP contribution is 2.56. The molecule has 1 saturated heterocycles. The van der Waals surface area contributed by atoms with Crippen LogP contribution < -0.4 is 5.32 Å². The molecular formula is C24H23FN2O3. The first-order valence-electron chi connectivity index (χ1n) is 10.5. The van der Waals surface area contributed by atoms with E-state index < -0.39 is 0 Å². The van der Waals surface area contributed by atoms with Gasteiger partial charge < -0.3 is 5.32 Å². The second-order valence-corrected chi connectivity index (χ2v) is 8.60. The van der Waals surface area contributed by atoms with Gasteiger partial charge in [-0.15, -0.1) is 0 Å². The van der Waals surface area contributed by atoms with Crippen molar-refractivity contribution in [2.24, 2.45) is 23.7 Å². The van der Waals surface area contributed by atoms with E-state index in [1.807, 2.05) is 18.2 Å². The second-order valence-electron chi connectivity index (χ2n) is 8.60. The van der Waals surface area contributed by atoms with Gasteiger partial charge in [0.25, 0.3) is 0 Å². The molecule has 3 amide bonds. The zero-order valence-corrected chi connectivity index (χ0v) is 16.5. The molecule has 1 heterocycles. The van der Waals surface area contributed by atoms with Crippen LogP contribution in [0.1, 0.15) is 25.7 Å². The van der Waals surface area contributed by atoms with Crippen LogP contribution in [0, 0.1) is 29.5 Å². The van der Waals surface area contributed by atoms with E-state index >= 15 is 0 Å². The lowest BCUT2D eigenvalue weighted by molar-refractivity contribution is -0.140. The highest BCUT2D eigenvalue weighted by molar-refractivity contribution is 6.06. The van der Waals surface area contributed by atoms with Gasteiger partial charge in [-0.2, -0.15) is 0 Å². The summed E-state index contributed by atoms with van der Waals surface area (Å²) in [6.45, 7) is 0.136. The molecule has 6 heteroatoms. The maximum Gasteiger partial charge on any atom is 0.233 e. The topological polar surface area (TPSA) is 66.5 Å². The molecule has 3 fully saturated rings. The van der Waals surface area contributed by atoms with Gasteiger partial charge in [-0.25, -0.2) is 4.39 Å². The van der Waals surface area contributed by atoms with Crippen LogP contribution in [0.3, 0.4) is 0 Å². The maximum atomic E-state index is 13.4. The zero-order valence-electron chi connectivity index (χ0n) is 16.5. The van der Waals surface area contributed by atoms with Gasteiger partial charge in [-0.3, -0.25) is 19.3 Å². The van der Waals surface area contributed by atoms with Crippen molar-refractivity contribution in [3.63, 3.8) is 0 Å². The van der Waals surface area contributed by atoms with Gasteiger partial charge in [0, 0.05) is 18.7 Å². The monoisotopic (exact) mass is 406 g/mol. The summed E-state index contributed by atoms with van der Waals surface area (Å²) < 4.78 is 13.4. The Kier molecular flexibility index (Phi) is 4.65. The lowest BCUT2D eigenvalue weighted by Gasteiger charge is -2.19. The van der Waals surface area contributed by atoms with Crippen molar-refractivity contribution in [2.45, 2.75) is 25.7 Å². The molecule has 2 aliphatic carbocycles. The number of carbonyl (C=O) groups is 3. The SMILES string of the molecule is O=C(CCN1C(=O)[C@@H]2[C@H]3CC[C@@H](C3)[C@H]2C1=O)Nc1ccc(-c2cccc(F)c2)cc1. The number of hydrogen-bond acceptors (Lipinski definition) is 3. The largest absolute Gasteiger partial charge is 0.326 e. The van der Waals surface area contributed by atoms with Gasteiger partial charge in [0.2, 0.25) is 17.7 Å². The number of likely N-dealkylation sites (tertiary alicyclic amines) is 1. The summed E-state index contributed by atoms with van der Waals surface area (Å²) in [4.78, 5) is 39.1. The molecule has 0 radical (unpaired) electrons. The normalized spacial score (nSPS) is 26.9. The van der Waals surface area contributed by atoms with Gasteiger partial charge in [0.15, 0.2) is 0 Å². The molecule has 2 aromatic carbocycles. The van der Waals surface area contributed by atoms with E-state index in [0.29, 0.717) is 17.5 Å². The molecule has 0 spiro atoms. The number of imide groups is 1. The summed E-state index contributed by atoms with van der Waals surface area (Å²) in [7, 11) is 0. The molecule has 154 valence electrons. The van der Waals surface area contributed by atoms with Crippen LogP contribution >= 0.6 is 0 Å². The summed E-state index contributed by atoms with van der Waals surface area (Å²) in [6, 6.07) is 13.5. The molecule has 4 atom stereocenters. The Morgan fingerprint density at radius 3 is 2.27 bits per heavy atom. The summed E-state index contributed by atoms with van der Waals surface area (Å²) in [5.74, 6) is -0.279. The van der Waals surface area contributed by atoms with Gasteiger partial charge in [-0.05, 0) is 66.5 Å². The number of hydrogen-bond donors (Lipinski definition) is 1. The van der Waals surface area contributed by atoms with E-state index in [-0.39, 0.29) is 48.3 Å². The Bertz CT molecular complexity index is 991. The molecular weight excluding hydrogens is 383 g/mol. The quantitative estimate of drug-likeness (QED) is 0.767. The first-order valence-corrected chi connectivity index (χ1v) is 10.5. The number of halogens is 1. The Labute approximate surface area is 174 Å². The number of nitrogens with one attached hydrogen (secondary N) is 1. The average Bonchev–Trinajstić information content (AvgIpc) is 3.41. The van der Waals surface area contributed by atoms with E-state index in [2.05, 4.69) is 5.32 Å². The van der Waals surface area contributed by atoms with E-state index in [0.717, 1.165) is 30.4 Å². The Balaban J connectivity index is 1.18. The minimum atomic E-state index is -0.298. The fourth-order valence-corrected chi connectivity index (χ4v) is 5.54. The van der Waals surface area contributed by atoms with Gasteiger partial charge in [0.1, 0.15) is 5.82 Å². The molecule has 2 saturated carbocycles. The van der Waals surface area contributed by atoms with Gasteiger partial charge in [0.05, 0.1) is 11.8 Å². The van der Waals surface area contributed by atoms with E-state index in [1.54, 1.807) is 18.2 Å². The lowest BCUT2D eigenvalue weighted by atomic mass is 9.81. The average molecular weight is 406 g/mol. The van der Waals surface area contributed by atoms with Crippen molar-refractivity contribution in [1.82, 2.24) is 4.90 Å². The van der Waals surface area contributed by atoms with Crippen LogP contribution in [-0.2, 0) is 14.4 Å². The third-order valence-electron chi connectivity index (χ3n) is 6.91. The molecule has 0 aromatic heterocycles. The highest BCUT2D eigenvalue weighted by atomic mass is 19.1. The molecule has 5 rings (SSSR count). The summed E-state index contributed by atoms with van der Waals surface area (Å²) in [6.07, 6.45) is 3.18. The number of nitrogens with zero attached hydrogens (tertiary/aromatic N) is 1. The van der Waals surface area contributed by atoms with Crippen LogP contribution in [-0.4, -0.2) is 29.2 Å². The van der Waals surface area contributed by atoms with Crippen LogP contribution in [0.15, 0.2) is 48.5 Å². The summed E-state index contributed by atoms with van der Waals surface area (Å²) in [5, 5.41) is 2.80. The summed E-state index contributed by atoms with van der Waals surface area (Å²) in [5.41, 5.74) is 2.23. The fourth-order valence-electron chi connectivity index (χ4n) is 5.54. The van der Waals surface area contributed by atoms with Gasteiger partial charge in [-0.1, -0.05) is 24.3 Å². The van der Waals surface area contributed by atoms with Crippen LogP contribution in [0.25, 0.3) is 11.1 Å². The van der Waals surface area contributed by atoms with Crippen molar-refractivity contribution in [1.29, 1.82) is 0 Å². The van der Waals surface area contributed by atoms with E-state index in [4.69, 9.17) is 0 Å². The van der Waals surface area contributed by atoms with Crippen molar-refractivity contribution >= 4 is 23.4 Å². The second kappa shape index (κ2) is 7.35. The number of amides is 3. The summed E-state index contributed by atoms with van der Waals surface area (Å²) >= 11 is 0. The molecule has 3 aliphatic rings. The third kappa shape index (κ3) is 3.20. The maximum absolute atomic E-state index is 13.4. The minimum Gasteiger partial charge on any atom is -0.326 e. The van der Waals surface area contributed by atoms with Crippen molar-refractivity contribution < 1.29 is 18.8 Å². The van der Waals surface area contributed by atoms with Gasteiger partial charge >= 0.3 is 0 Å². The molecule has 0 unspecified atom stereocenters. The third-order valence-corrected chi connectivity index (χ3v) is 6.91. The molecule has 1 N–H and O–H groups in total. The molecule has 2 aromatic rings. The minimum absolute atomic E-state index is 0.0792. The molecule has 2 bridgehead atoms. The van der Waals surface area contributed by atoms with Crippen molar-refractivity contribution in [2.75, 3.05) is 11.9 Å². The first kappa shape index (κ1) is 19.0. The predicted molar refractivity (Wildman–Crippen MR) is 110 cm³/mol. The van der Waals surface area contributed by atoms with E-state index in [1.165, 1.54) is 17.0 Å². The lowest BCUT2D eigenvalue weighted by Crippen LogP contribution is -2.35. The first-order chi connectivity index (χ1) is 14.5. The number of fused-ring (bicyclic) bond motifs is 5. The standard InChI is InChI=1S/C24H23FN2O3/c25-18-3-1-2-15(13-18)14-6-8-19(9-7-14)26-20(28)10-11-27-23(29)21-16-4-5-17(12-16)22(21)24(27)30/h1-3,6-9,13,16-17,21-22H,4-5,10-12H2,(H,26,28)/t16-,17-,21+,22+/m0/s1. The van der Waals surface area contributed by atoms with E-state index in [9.17, 15) is 18.8 Å². The zero-order chi connectivity index (χ0) is 20.8. The van der Waals surface area contributed by atoms with Crippen LogP contribution in [0.2, 0.25) is 0 Å². The molecule has 5 nitrogen and oxygen atoms in total. The number of benzene rings is 2. The number of rotatable bonds is 5. The fraction of sp³-hybridized carbons (Fsp3) is 0.375. The molecule has 30 heavy (non-hydrogen) atoms. The van der Waals surface area contributed by atoms with Crippen LogP contribution in [0.5, 0.6) is 0 Å². The van der Waals surface area contributed by atoms with Crippen molar-refractivity contribution in [3.05, 3.63) is 54.3 Å². The van der Waals surface area contributed by atoms with Crippen molar-refractivity contribution in [3.8, 4) is 11.1 Å². The Hall–Kier alpha value is -3.02. The smallest absolute Gasteiger partial charge is 0.233 e. The predicted octanol–water partition coefficient (Wildman–Crippen LogP) is 3.85. The number of anilines is 1. The highest BCUT2D eigenvalue weighted by Gasteiger charge is 2.60. The van der Waals surface area contributed by atoms with Crippen LogP contribution in [0.4, 0.5) is 10.1 Å².